The second-order valence-corrected chi connectivity index (χ2v) is 6.09. The Balaban J connectivity index is 1.63. The smallest absolute Gasteiger partial charge is 0.223 e. The number of ether oxygens (including phenoxy) is 2. The second-order valence-electron chi connectivity index (χ2n) is 6.09. The van der Waals surface area contributed by atoms with Crippen molar-refractivity contribution in [2.24, 2.45) is 0 Å². The summed E-state index contributed by atoms with van der Waals surface area (Å²) in [5, 5.41) is 4.36. The van der Waals surface area contributed by atoms with E-state index < -0.39 is 0 Å². The number of rotatable bonds is 7. The van der Waals surface area contributed by atoms with Gasteiger partial charge in [0.25, 0.3) is 0 Å². The Kier molecular flexibility index (Phi) is 5.07. The van der Waals surface area contributed by atoms with Crippen molar-refractivity contribution in [3.8, 4) is 11.5 Å². The molecule has 1 aromatic carbocycles. The molecule has 6 heteroatoms. The highest BCUT2D eigenvalue weighted by atomic mass is 16.5. The minimum absolute atomic E-state index is 0.695. The molecule has 2 heterocycles. The normalized spacial score (nSPS) is 10.9. The fraction of sp³-hybridized carbons (Fsp3) is 0.368. The second kappa shape index (κ2) is 7.42. The third-order valence-electron chi connectivity index (χ3n) is 4.07. The molecule has 0 bridgehead atoms. The van der Waals surface area contributed by atoms with Crippen LogP contribution in [-0.4, -0.2) is 35.7 Å². The minimum Gasteiger partial charge on any atom is -0.497 e. The van der Waals surface area contributed by atoms with E-state index in [1.807, 2.05) is 32.0 Å². The largest absolute Gasteiger partial charge is 0.497 e. The standard InChI is InChI=1S/C19H24N4O2/c1-12-8-13(2)22-19(21-12)20-7-5-6-14-9-16-17(23-14)10-15(24-3)11-18(16)25-4/h8-11,23H,5-7H2,1-4H3,(H,20,21,22). The Morgan fingerprint density at radius 3 is 2.44 bits per heavy atom. The van der Waals surface area contributed by atoms with Gasteiger partial charge < -0.3 is 19.8 Å². The summed E-state index contributed by atoms with van der Waals surface area (Å²) in [4.78, 5) is 12.2. The van der Waals surface area contributed by atoms with Crippen molar-refractivity contribution in [2.75, 3.05) is 26.1 Å². The van der Waals surface area contributed by atoms with Gasteiger partial charge in [-0.3, -0.25) is 0 Å². The van der Waals surface area contributed by atoms with Crippen molar-refractivity contribution in [1.82, 2.24) is 15.0 Å². The third kappa shape index (κ3) is 4.02. The van der Waals surface area contributed by atoms with E-state index in [0.29, 0.717) is 5.95 Å². The lowest BCUT2D eigenvalue weighted by molar-refractivity contribution is 0.398. The molecule has 3 aromatic rings. The molecule has 132 valence electrons. The first-order valence-electron chi connectivity index (χ1n) is 8.39. The van der Waals surface area contributed by atoms with Crippen molar-refractivity contribution in [3.05, 3.63) is 41.3 Å². The number of aryl methyl sites for hydroxylation is 3. The van der Waals surface area contributed by atoms with E-state index in [2.05, 4.69) is 26.3 Å². The average Bonchev–Trinajstić information content (AvgIpc) is 2.99. The Labute approximate surface area is 147 Å². The molecule has 0 aliphatic heterocycles. The summed E-state index contributed by atoms with van der Waals surface area (Å²) in [5.74, 6) is 2.30. The quantitative estimate of drug-likeness (QED) is 0.643. The van der Waals surface area contributed by atoms with Crippen molar-refractivity contribution < 1.29 is 9.47 Å². The van der Waals surface area contributed by atoms with E-state index in [1.54, 1.807) is 14.2 Å². The molecule has 2 N–H and O–H groups in total. The average molecular weight is 340 g/mol. The van der Waals surface area contributed by atoms with Gasteiger partial charge in [0.15, 0.2) is 0 Å². The third-order valence-corrected chi connectivity index (χ3v) is 4.07. The first kappa shape index (κ1) is 17.1. The van der Waals surface area contributed by atoms with E-state index in [-0.39, 0.29) is 0 Å². The topological polar surface area (TPSA) is 72.1 Å². The maximum Gasteiger partial charge on any atom is 0.223 e. The van der Waals surface area contributed by atoms with E-state index in [9.17, 15) is 0 Å². The number of benzene rings is 1. The first-order chi connectivity index (χ1) is 12.1. The lowest BCUT2D eigenvalue weighted by Crippen LogP contribution is -2.07. The molecule has 0 unspecified atom stereocenters. The van der Waals surface area contributed by atoms with Crippen LogP contribution >= 0.6 is 0 Å². The molecule has 3 rings (SSSR count). The van der Waals surface area contributed by atoms with E-state index in [4.69, 9.17) is 9.47 Å². The number of anilines is 1. The van der Waals surface area contributed by atoms with Gasteiger partial charge in [-0.2, -0.15) is 0 Å². The molecule has 0 saturated carbocycles. The van der Waals surface area contributed by atoms with Gasteiger partial charge in [0.1, 0.15) is 11.5 Å². The molecular weight excluding hydrogens is 316 g/mol. The number of aromatic nitrogens is 3. The van der Waals surface area contributed by atoms with Gasteiger partial charge in [-0.15, -0.1) is 0 Å². The highest BCUT2D eigenvalue weighted by Crippen LogP contribution is 2.31. The van der Waals surface area contributed by atoms with Crippen LogP contribution in [0.25, 0.3) is 10.9 Å². The van der Waals surface area contributed by atoms with Crippen LogP contribution in [0.5, 0.6) is 11.5 Å². The van der Waals surface area contributed by atoms with Crippen LogP contribution in [0.2, 0.25) is 0 Å². The number of hydrogen-bond donors (Lipinski definition) is 2. The fourth-order valence-electron chi connectivity index (χ4n) is 2.94. The Morgan fingerprint density at radius 1 is 1.00 bits per heavy atom. The van der Waals surface area contributed by atoms with Crippen molar-refractivity contribution in [1.29, 1.82) is 0 Å². The molecule has 6 nitrogen and oxygen atoms in total. The molecule has 25 heavy (non-hydrogen) atoms. The fourth-order valence-corrected chi connectivity index (χ4v) is 2.94. The molecule has 0 saturated heterocycles. The Hall–Kier alpha value is -2.76. The molecule has 0 aliphatic carbocycles. The van der Waals surface area contributed by atoms with Gasteiger partial charge in [0.2, 0.25) is 5.95 Å². The molecule has 0 radical (unpaired) electrons. The van der Waals surface area contributed by atoms with Crippen LogP contribution in [0.4, 0.5) is 5.95 Å². The molecule has 0 fully saturated rings. The summed E-state index contributed by atoms with van der Waals surface area (Å²) in [6.45, 7) is 4.77. The number of fused-ring (bicyclic) bond motifs is 1. The van der Waals surface area contributed by atoms with E-state index in [1.165, 1.54) is 5.69 Å². The van der Waals surface area contributed by atoms with Crippen LogP contribution in [-0.2, 0) is 6.42 Å². The van der Waals surface area contributed by atoms with Crippen LogP contribution in [0.15, 0.2) is 24.3 Å². The number of H-pyrrole nitrogens is 1. The maximum atomic E-state index is 5.46. The Morgan fingerprint density at radius 2 is 1.76 bits per heavy atom. The monoisotopic (exact) mass is 340 g/mol. The summed E-state index contributed by atoms with van der Waals surface area (Å²) in [6.07, 6.45) is 1.90. The molecule has 0 atom stereocenters. The number of methoxy groups -OCH3 is 2. The number of nitrogens with zero attached hydrogens (tertiary/aromatic N) is 2. The van der Waals surface area contributed by atoms with Gasteiger partial charge in [-0.25, -0.2) is 9.97 Å². The van der Waals surface area contributed by atoms with Crippen LogP contribution < -0.4 is 14.8 Å². The summed E-state index contributed by atoms with van der Waals surface area (Å²) < 4.78 is 10.8. The van der Waals surface area contributed by atoms with Crippen LogP contribution in [0.1, 0.15) is 23.5 Å². The molecular formula is C19H24N4O2. The molecule has 0 amide bonds. The number of nitrogens with one attached hydrogen (secondary N) is 2. The van der Waals surface area contributed by atoms with E-state index in [0.717, 1.165) is 53.2 Å². The highest BCUT2D eigenvalue weighted by Gasteiger charge is 2.09. The van der Waals surface area contributed by atoms with Gasteiger partial charge in [0, 0.05) is 41.1 Å². The molecule has 2 aromatic heterocycles. The number of aromatic amines is 1. The lowest BCUT2D eigenvalue weighted by atomic mass is 10.2. The summed E-state index contributed by atoms with van der Waals surface area (Å²) in [7, 11) is 3.33. The van der Waals surface area contributed by atoms with Crippen molar-refractivity contribution in [2.45, 2.75) is 26.7 Å². The predicted octanol–water partition coefficient (Wildman–Crippen LogP) is 3.64. The lowest BCUT2D eigenvalue weighted by Gasteiger charge is -2.06. The minimum atomic E-state index is 0.695. The zero-order valence-corrected chi connectivity index (χ0v) is 15.1. The van der Waals surface area contributed by atoms with Crippen LogP contribution in [0.3, 0.4) is 0 Å². The summed E-state index contributed by atoms with van der Waals surface area (Å²) in [5.41, 5.74) is 4.15. The van der Waals surface area contributed by atoms with Gasteiger partial charge in [-0.05, 0) is 38.8 Å². The van der Waals surface area contributed by atoms with Crippen LogP contribution in [0, 0.1) is 13.8 Å². The van der Waals surface area contributed by atoms with Gasteiger partial charge in [0.05, 0.1) is 19.7 Å². The van der Waals surface area contributed by atoms with Crippen molar-refractivity contribution >= 4 is 16.9 Å². The predicted molar refractivity (Wildman–Crippen MR) is 99.7 cm³/mol. The summed E-state index contributed by atoms with van der Waals surface area (Å²) >= 11 is 0. The summed E-state index contributed by atoms with van der Waals surface area (Å²) in [6, 6.07) is 8.00. The van der Waals surface area contributed by atoms with Gasteiger partial charge >= 0.3 is 0 Å². The maximum absolute atomic E-state index is 5.46. The first-order valence-corrected chi connectivity index (χ1v) is 8.39. The van der Waals surface area contributed by atoms with Gasteiger partial charge in [-0.1, -0.05) is 0 Å². The highest BCUT2D eigenvalue weighted by molar-refractivity contribution is 5.88. The van der Waals surface area contributed by atoms with Crippen molar-refractivity contribution in [3.63, 3.8) is 0 Å². The Bertz CT molecular complexity index is 853. The van der Waals surface area contributed by atoms with E-state index >= 15 is 0 Å². The molecule has 0 aliphatic rings. The molecule has 0 spiro atoms. The number of hydrogen-bond acceptors (Lipinski definition) is 5. The zero-order chi connectivity index (χ0) is 17.8. The zero-order valence-electron chi connectivity index (χ0n) is 15.1. The SMILES string of the molecule is COc1cc(OC)c2cc(CCCNc3nc(C)cc(C)n3)[nH]c2c1.